The number of pyridine rings is 1. The number of aromatic nitrogens is 3. The zero-order valence-corrected chi connectivity index (χ0v) is 16.5. The molecule has 0 aliphatic carbocycles. The number of rotatable bonds is 3. The first kappa shape index (κ1) is 18.5. The molecular formula is C20H25N5O3. The quantitative estimate of drug-likeness (QED) is 0.805. The van der Waals surface area contributed by atoms with Crippen LogP contribution in [0.4, 0.5) is 10.6 Å². The number of nitrogens with zero attached hydrogens (tertiary/aromatic N) is 5. The van der Waals surface area contributed by atoms with E-state index in [9.17, 15) is 4.79 Å². The third-order valence-electron chi connectivity index (χ3n) is 5.51. The van der Waals surface area contributed by atoms with Crippen LogP contribution < -0.4 is 9.64 Å². The maximum Gasteiger partial charge on any atom is 0.410 e. The highest BCUT2D eigenvalue weighted by atomic mass is 16.6. The summed E-state index contributed by atoms with van der Waals surface area (Å²) < 4.78 is 11.7. The number of carbonyl (C=O) groups excluding carboxylic acids is 1. The Labute approximate surface area is 164 Å². The predicted molar refractivity (Wildman–Crippen MR) is 104 cm³/mol. The van der Waals surface area contributed by atoms with Crippen LogP contribution in [-0.4, -0.2) is 58.2 Å². The first-order valence-corrected chi connectivity index (χ1v) is 9.58. The first-order valence-electron chi connectivity index (χ1n) is 9.58. The van der Waals surface area contributed by atoms with Crippen LogP contribution in [0.25, 0.3) is 0 Å². The van der Waals surface area contributed by atoms with Gasteiger partial charge in [-0.15, -0.1) is 0 Å². The van der Waals surface area contributed by atoms with Crippen LogP contribution in [0.2, 0.25) is 0 Å². The molecule has 1 amide bonds. The lowest BCUT2D eigenvalue weighted by atomic mass is 9.95. The van der Waals surface area contributed by atoms with Gasteiger partial charge in [-0.25, -0.2) is 14.8 Å². The van der Waals surface area contributed by atoms with Crippen molar-refractivity contribution in [2.75, 3.05) is 31.6 Å². The Bertz CT molecular complexity index is 890. The average molecular weight is 383 g/mol. The van der Waals surface area contributed by atoms with Crippen molar-refractivity contribution in [3.63, 3.8) is 0 Å². The summed E-state index contributed by atoms with van der Waals surface area (Å²) in [6.07, 6.45) is 5.62. The summed E-state index contributed by atoms with van der Waals surface area (Å²) in [5, 5.41) is 0. The van der Waals surface area contributed by atoms with Gasteiger partial charge >= 0.3 is 6.09 Å². The van der Waals surface area contributed by atoms with Crippen LogP contribution in [0, 0.1) is 13.8 Å². The molecule has 0 saturated carbocycles. The number of amides is 1. The van der Waals surface area contributed by atoms with Crippen molar-refractivity contribution in [1.82, 2.24) is 19.9 Å². The molecule has 2 aliphatic heterocycles. The number of ether oxygens (including phenoxy) is 2. The molecule has 0 aromatic carbocycles. The molecule has 1 spiro atoms. The van der Waals surface area contributed by atoms with E-state index in [2.05, 4.69) is 19.9 Å². The van der Waals surface area contributed by atoms with Crippen molar-refractivity contribution < 1.29 is 14.3 Å². The van der Waals surface area contributed by atoms with Crippen LogP contribution in [-0.2, 0) is 4.74 Å². The Balaban J connectivity index is 1.53. The number of carbonyl (C=O) groups is 1. The lowest BCUT2D eigenvalue weighted by molar-refractivity contribution is 0.0473. The van der Waals surface area contributed by atoms with E-state index >= 15 is 0 Å². The molecule has 2 saturated heterocycles. The molecule has 0 bridgehead atoms. The molecule has 1 atom stereocenters. The molecule has 0 radical (unpaired) electrons. The minimum absolute atomic E-state index is 0.228. The summed E-state index contributed by atoms with van der Waals surface area (Å²) in [5.41, 5.74) is 1.32. The molecule has 2 aromatic rings. The van der Waals surface area contributed by atoms with Crippen LogP contribution in [0.3, 0.4) is 0 Å². The van der Waals surface area contributed by atoms with Gasteiger partial charge in [0.1, 0.15) is 17.7 Å². The Morgan fingerprint density at radius 1 is 1.18 bits per heavy atom. The zero-order valence-electron chi connectivity index (χ0n) is 16.5. The van der Waals surface area contributed by atoms with Crippen molar-refractivity contribution in [2.45, 2.75) is 38.7 Å². The standard InChI is InChI=1S/C20H25N5O3/c1-14-17(22-13-23-18(14)27-16-6-4-9-21-15(16)2)25-10-5-7-20(8-11-25)12-24(3)19(26)28-20/h4,6,9,13H,5,7-8,10-12H2,1-3H3/t20-/m1/s1. The molecule has 4 rings (SSSR count). The Morgan fingerprint density at radius 3 is 2.79 bits per heavy atom. The normalized spacial score (nSPS) is 22.3. The highest BCUT2D eigenvalue weighted by molar-refractivity contribution is 5.70. The van der Waals surface area contributed by atoms with E-state index in [1.165, 1.54) is 6.33 Å². The second kappa shape index (κ2) is 7.26. The van der Waals surface area contributed by atoms with Crippen LogP contribution in [0.5, 0.6) is 11.6 Å². The molecule has 2 aromatic heterocycles. The third-order valence-corrected chi connectivity index (χ3v) is 5.51. The van der Waals surface area contributed by atoms with Crippen LogP contribution in [0.1, 0.15) is 30.5 Å². The summed E-state index contributed by atoms with van der Waals surface area (Å²) in [7, 11) is 1.79. The molecular weight excluding hydrogens is 358 g/mol. The molecule has 0 N–H and O–H groups in total. The van der Waals surface area contributed by atoms with Gasteiger partial charge < -0.3 is 19.3 Å². The molecule has 28 heavy (non-hydrogen) atoms. The first-order chi connectivity index (χ1) is 13.5. The van der Waals surface area contributed by atoms with Crippen molar-refractivity contribution in [1.29, 1.82) is 0 Å². The van der Waals surface area contributed by atoms with E-state index in [1.54, 1.807) is 18.1 Å². The molecule has 2 aliphatic rings. The van der Waals surface area contributed by atoms with E-state index in [4.69, 9.17) is 9.47 Å². The fourth-order valence-electron chi connectivity index (χ4n) is 3.96. The van der Waals surface area contributed by atoms with Gasteiger partial charge in [-0.1, -0.05) is 0 Å². The number of hydrogen-bond donors (Lipinski definition) is 0. The highest BCUT2D eigenvalue weighted by Gasteiger charge is 2.44. The average Bonchev–Trinajstić information content (AvgIpc) is 2.83. The fraction of sp³-hybridized carbons (Fsp3) is 0.500. The van der Waals surface area contributed by atoms with Crippen LogP contribution in [0.15, 0.2) is 24.7 Å². The minimum atomic E-state index is -0.381. The molecule has 8 nitrogen and oxygen atoms in total. The lowest BCUT2D eigenvalue weighted by Crippen LogP contribution is -2.35. The van der Waals surface area contributed by atoms with Crippen molar-refractivity contribution in [2.24, 2.45) is 0 Å². The number of aryl methyl sites for hydroxylation is 1. The fourth-order valence-corrected chi connectivity index (χ4v) is 3.96. The van der Waals surface area contributed by atoms with Gasteiger partial charge in [0.15, 0.2) is 5.75 Å². The van der Waals surface area contributed by atoms with E-state index < -0.39 is 0 Å². The Morgan fingerprint density at radius 2 is 2.04 bits per heavy atom. The van der Waals surface area contributed by atoms with E-state index in [-0.39, 0.29) is 11.7 Å². The third kappa shape index (κ3) is 3.46. The Kier molecular flexibility index (Phi) is 4.78. The van der Waals surface area contributed by atoms with Crippen molar-refractivity contribution in [3.05, 3.63) is 35.9 Å². The summed E-state index contributed by atoms with van der Waals surface area (Å²) in [5.74, 6) is 2.08. The number of likely N-dealkylation sites (N-methyl/N-ethyl adjacent to an activating group) is 1. The van der Waals surface area contributed by atoms with Crippen molar-refractivity contribution in [3.8, 4) is 11.6 Å². The number of anilines is 1. The van der Waals surface area contributed by atoms with Gasteiger partial charge in [0.2, 0.25) is 5.88 Å². The molecule has 148 valence electrons. The maximum atomic E-state index is 11.9. The summed E-state index contributed by atoms with van der Waals surface area (Å²) >= 11 is 0. The largest absolute Gasteiger partial charge is 0.441 e. The van der Waals surface area contributed by atoms with Gasteiger partial charge in [0.25, 0.3) is 0 Å². The van der Waals surface area contributed by atoms with Gasteiger partial charge in [0, 0.05) is 32.8 Å². The highest BCUT2D eigenvalue weighted by Crippen LogP contribution is 2.35. The molecule has 8 heteroatoms. The van der Waals surface area contributed by atoms with E-state index in [1.807, 2.05) is 26.0 Å². The molecule has 2 fully saturated rings. The minimum Gasteiger partial charge on any atom is -0.441 e. The van der Waals surface area contributed by atoms with E-state index in [0.29, 0.717) is 18.2 Å². The van der Waals surface area contributed by atoms with Crippen LogP contribution >= 0.6 is 0 Å². The SMILES string of the molecule is Cc1ncccc1Oc1ncnc(N2CCC[C@@]3(CC2)CN(C)C(=O)O3)c1C. The lowest BCUT2D eigenvalue weighted by Gasteiger charge is -2.26. The second-order valence-corrected chi connectivity index (χ2v) is 7.56. The topological polar surface area (TPSA) is 80.7 Å². The number of hydrogen-bond acceptors (Lipinski definition) is 7. The zero-order chi connectivity index (χ0) is 19.7. The van der Waals surface area contributed by atoms with Crippen molar-refractivity contribution >= 4 is 11.9 Å². The monoisotopic (exact) mass is 383 g/mol. The maximum absolute atomic E-state index is 11.9. The summed E-state index contributed by atoms with van der Waals surface area (Å²) in [4.78, 5) is 28.8. The second-order valence-electron chi connectivity index (χ2n) is 7.56. The van der Waals surface area contributed by atoms with Gasteiger partial charge in [-0.05, 0) is 38.8 Å². The predicted octanol–water partition coefficient (Wildman–Crippen LogP) is 3.09. The van der Waals surface area contributed by atoms with Gasteiger partial charge in [-0.2, -0.15) is 0 Å². The summed E-state index contributed by atoms with van der Waals surface area (Å²) in [6.45, 7) is 6.15. The molecule has 0 unspecified atom stereocenters. The van der Waals surface area contributed by atoms with Gasteiger partial charge in [-0.3, -0.25) is 4.98 Å². The van der Waals surface area contributed by atoms with E-state index in [0.717, 1.165) is 49.4 Å². The van der Waals surface area contributed by atoms with Gasteiger partial charge in [0.05, 0.1) is 17.8 Å². The smallest absolute Gasteiger partial charge is 0.410 e. The Hall–Kier alpha value is -2.90. The molecule has 4 heterocycles. The summed E-state index contributed by atoms with van der Waals surface area (Å²) in [6, 6.07) is 3.72.